The summed E-state index contributed by atoms with van der Waals surface area (Å²) >= 11 is 0. The van der Waals surface area contributed by atoms with Crippen molar-refractivity contribution in [1.29, 1.82) is 0 Å². The Kier molecular flexibility index (Phi) is 5.53. The number of nitrogens with zero attached hydrogens (tertiary/aromatic N) is 1. The fourth-order valence-electron chi connectivity index (χ4n) is 1.04. The van der Waals surface area contributed by atoms with Gasteiger partial charge in [-0.25, -0.2) is 9.37 Å². The topological polar surface area (TPSA) is 24.9 Å². The molecule has 0 aliphatic carbocycles. The summed E-state index contributed by atoms with van der Waals surface area (Å²) < 4.78 is 12.9. The third-order valence-electron chi connectivity index (χ3n) is 1.77. The van der Waals surface area contributed by atoms with Gasteiger partial charge in [0.2, 0.25) is 0 Å². The fraction of sp³-hybridized carbons (Fsp3) is 0.364. The van der Waals surface area contributed by atoms with Gasteiger partial charge in [-0.3, -0.25) is 0 Å². The van der Waals surface area contributed by atoms with E-state index in [1.165, 1.54) is 6.20 Å². The Labute approximate surface area is 84.9 Å². The number of aromatic nitrogens is 1. The minimum absolute atomic E-state index is 0.302. The molecular formula is C11H17FN2. The Hall–Kier alpha value is -1.38. The predicted molar refractivity (Wildman–Crippen MR) is 59.9 cm³/mol. The van der Waals surface area contributed by atoms with E-state index >= 15 is 0 Å². The highest BCUT2D eigenvalue weighted by molar-refractivity contribution is 5.64. The molecular weight excluding hydrogens is 179 g/mol. The summed E-state index contributed by atoms with van der Waals surface area (Å²) in [4.78, 5) is 3.87. The van der Waals surface area contributed by atoms with E-state index < -0.39 is 0 Å². The van der Waals surface area contributed by atoms with Crippen LogP contribution in [0.15, 0.2) is 12.8 Å². The van der Waals surface area contributed by atoms with E-state index in [2.05, 4.69) is 16.9 Å². The summed E-state index contributed by atoms with van der Waals surface area (Å²) in [5.74, 6) is 0.354. The number of pyridine rings is 1. The molecule has 0 radical (unpaired) electrons. The molecule has 1 aromatic rings. The van der Waals surface area contributed by atoms with E-state index in [9.17, 15) is 4.39 Å². The zero-order valence-electron chi connectivity index (χ0n) is 9.19. The Morgan fingerprint density at radius 2 is 2.07 bits per heavy atom. The zero-order valence-corrected chi connectivity index (χ0v) is 9.19. The van der Waals surface area contributed by atoms with Crippen LogP contribution in [0.25, 0.3) is 6.08 Å². The maximum atomic E-state index is 12.9. The SMILES string of the molecule is C=Cc1c(NC)ncc(F)c1C.CC. The highest BCUT2D eigenvalue weighted by Gasteiger charge is 2.06. The quantitative estimate of drug-likeness (QED) is 0.785. The number of halogens is 1. The molecule has 1 rings (SSSR count). The summed E-state index contributed by atoms with van der Waals surface area (Å²) in [5.41, 5.74) is 1.29. The van der Waals surface area contributed by atoms with Crippen LogP contribution in [0.4, 0.5) is 10.2 Å². The van der Waals surface area contributed by atoms with Crippen molar-refractivity contribution in [3.05, 3.63) is 29.7 Å². The average Bonchev–Trinajstić information content (AvgIpc) is 2.24. The summed E-state index contributed by atoms with van der Waals surface area (Å²) in [6.45, 7) is 9.30. The first kappa shape index (κ1) is 12.6. The highest BCUT2D eigenvalue weighted by atomic mass is 19.1. The van der Waals surface area contributed by atoms with Gasteiger partial charge in [0.25, 0.3) is 0 Å². The van der Waals surface area contributed by atoms with Gasteiger partial charge in [-0.15, -0.1) is 0 Å². The molecule has 0 atom stereocenters. The molecule has 0 saturated heterocycles. The molecule has 14 heavy (non-hydrogen) atoms. The first-order chi connectivity index (χ1) is 6.70. The van der Waals surface area contributed by atoms with Gasteiger partial charge in [0, 0.05) is 12.6 Å². The van der Waals surface area contributed by atoms with E-state index in [4.69, 9.17) is 0 Å². The normalized spacial score (nSPS) is 8.64. The molecule has 0 saturated carbocycles. The Balaban J connectivity index is 0.000000791. The molecule has 0 aliphatic heterocycles. The summed E-state index contributed by atoms with van der Waals surface area (Å²) in [5, 5.41) is 2.87. The van der Waals surface area contributed by atoms with Crippen LogP contribution >= 0.6 is 0 Å². The van der Waals surface area contributed by atoms with Crippen LogP contribution in [0, 0.1) is 12.7 Å². The molecule has 1 heterocycles. The van der Waals surface area contributed by atoms with Crippen LogP contribution in [0.2, 0.25) is 0 Å². The molecule has 0 amide bonds. The fourth-order valence-corrected chi connectivity index (χ4v) is 1.04. The van der Waals surface area contributed by atoms with E-state index in [1.54, 1.807) is 20.0 Å². The smallest absolute Gasteiger partial charge is 0.145 e. The first-order valence-corrected chi connectivity index (χ1v) is 4.66. The van der Waals surface area contributed by atoms with Crippen LogP contribution in [0.1, 0.15) is 25.0 Å². The van der Waals surface area contributed by atoms with Crippen molar-refractivity contribution in [2.24, 2.45) is 0 Å². The predicted octanol–water partition coefficient (Wildman–Crippen LogP) is 3.24. The number of anilines is 1. The average molecular weight is 196 g/mol. The zero-order chi connectivity index (χ0) is 11.1. The van der Waals surface area contributed by atoms with Gasteiger partial charge >= 0.3 is 0 Å². The third kappa shape index (κ3) is 2.55. The molecule has 3 heteroatoms. The lowest BCUT2D eigenvalue weighted by atomic mass is 10.1. The van der Waals surface area contributed by atoms with E-state index in [0.29, 0.717) is 11.4 Å². The molecule has 78 valence electrons. The Morgan fingerprint density at radius 3 is 2.50 bits per heavy atom. The van der Waals surface area contributed by atoms with E-state index in [-0.39, 0.29) is 5.82 Å². The largest absolute Gasteiger partial charge is 0.373 e. The lowest BCUT2D eigenvalue weighted by Gasteiger charge is -2.07. The van der Waals surface area contributed by atoms with Gasteiger partial charge in [0.1, 0.15) is 11.6 Å². The number of nitrogens with one attached hydrogen (secondary N) is 1. The molecule has 0 bridgehead atoms. The monoisotopic (exact) mass is 196 g/mol. The molecule has 0 spiro atoms. The third-order valence-corrected chi connectivity index (χ3v) is 1.77. The summed E-state index contributed by atoms with van der Waals surface area (Å²) in [6.07, 6.45) is 2.80. The van der Waals surface area contributed by atoms with Gasteiger partial charge in [0.15, 0.2) is 0 Å². The van der Waals surface area contributed by atoms with Gasteiger partial charge in [-0.2, -0.15) is 0 Å². The Morgan fingerprint density at radius 1 is 1.50 bits per heavy atom. The summed E-state index contributed by atoms with van der Waals surface area (Å²) in [6, 6.07) is 0. The lowest BCUT2D eigenvalue weighted by molar-refractivity contribution is 0.612. The lowest BCUT2D eigenvalue weighted by Crippen LogP contribution is -1.99. The van der Waals surface area contributed by atoms with Crippen molar-refractivity contribution in [1.82, 2.24) is 4.98 Å². The maximum Gasteiger partial charge on any atom is 0.145 e. The van der Waals surface area contributed by atoms with Crippen molar-refractivity contribution in [3.63, 3.8) is 0 Å². The number of rotatable bonds is 2. The standard InChI is InChI=1S/C9H11FN2.C2H6/c1-4-7-6(2)8(10)5-12-9(7)11-3;1-2/h4-5H,1H2,2-3H3,(H,11,12);1-2H3. The molecule has 1 aromatic heterocycles. The van der Waals surface area contributed by atoms with Crippen molar-refractivity contribution in [2.45, 2.75) is 20.8 Å². The van der Waals surface area contributed by atoms with E-state index in [1.807, 2.05) is 13.8 Å². The second-order valence-electron chi connectivity index (χ2n) is 2.45. The maximum absolute atomic E-state index is 12.9. The van der Waals surface area contributed by atoms with Crippen LogP contribution in [0.5, 0.6) is 0 Å². The van der Waals surface area contributed by atoms with Crippen LogP contribution < -0.4 is 5.32 Å². The molecule has 0 aromatic carbocycles. The van der Waals surface area contributed by atoms with Gasteiger partial charge in [-0.05, 0) is 12.5 Å². The van der Waals surface area contributed by atoms with Crippen LogP contribution in [-0.2, 0) is 0 Å². The highest BCUT2D eigenvalue weighted by Crippen LogP contribution is 2.19. The number of hydrogen-bond acceptors (Lipinski definition) is 2. The van der Waals surface area contributed by atoms with E-state index in [0.717, 1.165) is 5.56 Å². The van der Waals surface area contributed by atoms with Crippen molar-refractivity contribution >= 4 is 11.9 Å². The first-order valence-electron chi connectivity index (χ1n) is 4.66. The second-order valence-corrected chi connectivity index (χ2v) is 2.45. The Bertz CT molecular complexity index is 308. The summed E-state index contributed by atoms with van der Waals surface area (Å²) in [7, 11) is 1.74. The van der Waals surface area contributed by atoms with Crippen LogP contribution in [0.3, 0.4) is 0 Å². The van der Waals surface area contributed by atoms with Crippen LogP contribution in [-0.4, -0.2) is 12.0 Å². The molecule has 0 aliphatic rings. The minimum atomic E-state index is -0.302. The number of hydrogen-bond donors (Lipinski definition) is 1. The molecule has 0 fully saturated rings. The molecule has 1 N–H and O–H groups in total. The van der Waals surface area contributed by atoms with Gasteiger partial charge in [0.05, 0.1) is 6.20 Å². The minimum Gasteiger partial charge on any atom is -0.373 e. The van der Waals surface area contributed by atoms with Crippen molar-refractivity contribution < 1.29 is 4.39 Å². The van der Waals surface area contributed by atoms with Gasteiger partial charge < -0.3 is 5.32 Å². The van der Waals surface area contributed by atoms with Gasteiger partial charge in [-0.1, -0.05) is 26.5 Å². The molecule has 0 unspecified atom stereocenters. The van der Waals surface area contributed by atoms with Crippen molar-refractivity contribution in [3.8, 4) is 0 Å². The second kappa shape index (κ2) is 6.13. The molecule has 2 nitrogen and oxygen atoms in total. The van der Waals surface area contributed by atoms with Crippen molar-refractivity contribution in [2.75, 3.05) is 12.4 Å².